The highest BCUT2D eigenvalue weighted by Gasteiger charge is 2.29. The average molecular weight is 550 g/mol. The molecule has 192 valence electrons. The minimum Gasteiger partial charge on any atom is -0.496 e. The zero-order valence-electron chi connectivity index (χ0n) is 20.9. The maximum absolute atomic E-state index is 13.6. The molecule has 1 amide bonds. The maximum Gasteiger partial charge on any atom is 0.264 e. The summed E-state index contributed by atoms with van der Waals surface area (Å²) in [7, 11) is -2.48. The topological polar surface area (TPSA) is 75.7 Å². The van der Waals surface area contributed by atoms with Gasteiger partial charge in [0.25, 0.3) is 10.0 Å². The third kappa shape index (κ3) is 6.14. The highest BCUT2D eigenvalue weighted by Crippen LogP contribution is 2.34. The number of sulfonamides is 1. The van der Waals surface area contributed by atoms with Crippen LogP contribution < -0.4 is 14.4 Å². The van der Waals surface area contributed by atoms with E-state index in [1.165, 1.54) is 24.3 Å². The van der Waals surface area contributed by atoms with Gasteiger partial charge in [-0.05, 0) is 78.9 Å². The molecule has 1 N–H and O–H groups in total. The third-order valence-corrected chi connectivity index (χ3v) is 8.21. The van der Waals surface area contributed by atoms with Gasteiger partial charge in [-0.3, -0.25) is 9.10 Å². The number of anilines is 1. The molecule has 0 heterocycles. The van der Waals surface area contributed by atoms with E-state index < -0.39 is 22.5 Å². The Labute approximate surface area is 223 Å². The lowest BCUT2D eigenvalue weighted by atomic mass is 9.93. The molecule has 0 saturated heterocycles. The second kappa shape index (κ2) is 11.5. The van der Waals surface area contributed by atoms with E-state index in [-0.39, 0.29) is 27.6 Å². The molecule has 0 spiro atoms. The Kier molecular flexibility index (Phi) is 8.93. The first-order valence-electron chi connectivity index (χ1n) is 11.5. The summed E-state index contributed by atoms with van der Waals surface area (Å²) >= 11 is 12.5. The number of hydrogen-bond acceptors (Lipinski definition) is 4. The Morgan fingerprint density at radius 1 is 1.00 bits per heavy atom. The number of nitrogens with zero attached hydrogens (tertiary/aromatic N) is 1. The van der Waals surface area contributed by atoms with E-state index in [0.717, 1.165) is 26.7 Å². The largest absolute Gasteiger partial charge is 0.496 e. The van der Waals surface area contributed by atoms with Gasteiger partial charge in [0.05, 0.1) is 28.8 Å². The summed E-state index contributed by atoms with van der Waals surface area (Å²) in [5.74, 6) is 0.526. The second-order valence-corrected chi connectivity index (χ2v) is 11.5. The summed E-state index contributed by atoms with van der Waals surface area (Å²) in [6.45, 7) is 7.47. The maximum atomic E-state index is 13.6. The average Bonchev–Trinajstić information content (AvgIpc) is 2.84. The predicted octanol–water partition coefficient (Wildman–Crippen LogP) is 6.51. The summed E-state index contributed by atoms with van der Waals surface area (Å²) in [4.78, 5) is 13.3. The van der Waals surface area contributed by atoms with Crippen LogP contribution in [0, 0.1) is 6.92 Å². The molecular weight excluding hydrogens is 519 g/mol. The minimum absolute atomic E-state index is 0.0365. The van der Waals surface area contributed by atoms with Crippen molar-refractivity contribution in [1.82, 2.24) is 5.32 Å². The normalized spacial score (nSPS) is 12.3. The predicted molar refractivity (Wildman–Crippen MR) is 146 cm³/mol. The smallest absolute Gasteiger partial charge is 0.264 e. The number of benzene rings is 3. The summed E-state index contributed by atoms with van der Waals surface area (Å²) in [6.07, 6.45) is 0. The Hall–Kier alpha value is -2.74. The molecule has 0 radical (unpaired) electrons. The first kappa shape index (κ1) is 27.8. The highest BCUT2D eigenvalue weighted by atomic mass is 35.5. The van der Waals surface area contributed by atoms with Gasteiger partial charge in [-0.2, -0.15) is 0 Å². The van der Waals surface area contributed by atoms with Gasteiger partial charge in [-0.25, -0.2) is 8.42 Å². The molecule has 3 aromatic carbocycles. The van der Waals surface area contributed by atoms with Gasteiger partial charge in [-0.1, -0.05) is 55.2 Å². The van der Waals surface area contributed by atoms with E-state index in [0.29, 0.717) is 5.02 Å². The number of methoxy groups -OCH3 is 1. The molecular formula is C27H30Cl2N2O4S. The van der Waals surface area contributed by atoms with Crippen LogP contribution in [0.4, 0.5) is 5.69 Å². The van der Waals surface area contributed by atoms with Crippen molar-refractivity contribution >= 4 is 44.8 Å². The van der Waals surface area contributed by atoms with Crippen molar-refractivity contribution in [2.24, 2.45) is 0 Å². The Bertz CT molecular complexity index is 1350. The number of carbonyl (C=O) groups is 1. The number of ether oxygens (including phenoxy) is 1. The number of aryl methyl sites for hydroxylation is 1. The Morgan fingerprint density at radius 3 is 2.28 bits per heavy atom. The molecule has 36 heavy (non-hydrogen) atoms. The lowest BCUT2D eigenvalue weighted by Gasteiger charge is -2.26. The van der Waals surface area contributed by atoms with Gasteiger partial charge < -0.3 is 10.1 Å². The first-order chi connectivity index (χ1) is 16.9. The summed E-state index contributed by atoms with van der Waals surface area (Å²) in [5, 5.41) is 3.39. The van der Waals surface area contributed by atoms with Crippen LogP contribution in [0.3, 0.4) is 0 Å². The molecule has 6 nitrogen and oxygen atoms in total. The van der Waals surface area contributed by atoms with Crippen molar-refractivity contribution in [3.63, 3.8) is 0 Å². The zero-order chi connectivity index (χ0) is 26.6. The summed E-state index contributed by atoms with van der Waals surface area (Å²) in [6, 6.07) is 16.0. The molecule has 3 rings (SSSR count). The molecule has 0 aromatic heterocycles. The quantitative estimate of drug-likeness (QED) is 0.330. The highest BCUT2D eigenvalue weighted by molar-refractivity contribution is 7.92. The van der Waals surface area contributed by atoms with Crippen molar-refractivity contribution in [1.29, 1.82) is 0 Å². The second-order valence-electron chi connectivity index (χ2n) is 8.82. The van der Waals surface area contributed by atoms with Gasteiger partial charge in [-0.15, -0.1) is 0 Å². The number of halogens is 2. The van der Waals surface area contributed by atoms with Crippen LogP contribution in [0.5, 0.6) is 5.75 Å². The summed E-state index contributed by atoms with van der Waals surface area (Å²) < 4.78 is 33.6. The summed E-state index contributed by atoms with van der Waals surface area (Å²) in [5.41, 5.74) is 3.03. The van der Waals surface area contributed by atoms with Crippen LogP contribution in [-0.2, 0) is 14.8 Å². The van der Waals surface area contributed by atoms with E-state index in [1.54, 1.807) is 31.4 Å². The molecule has 9 heteroatoms. The zero-order valence-corrected chi connectivity index (χ0v) is 23.2. The van der Waals surface area contributed by atoms with Crippen LogP contribution in [0.25, 0.3) is 0 Å². The van der Waals surface area contributed by atoms with Crippen LogP contribution in [0.2, 0.25) is 10.0 Å². The van der Waals surface area contributed by atoms with Crippen LogP contribution >= 0.6 is 23.2 Å². The minimum atomic E-state index is -4.11. The van der Waals surface area contributed by atoms with Crippen molar-refractivity contribution in [2.75, 3.05) is 18.0 Å². The van der Waals surface area contributed by atoms with Crippen molar-refractivity contribution in [3.8, 4) is 5.75 Å². The van der Waals surface area contributed by atoms with Crippen LogP contribution in [0.1, 0.15) is 49.4 Å². The van der Waals surface area contributed by atoms with Gasteiger partial charge in [0.1, 0.15) is 12.3 Å². The number of nitrogens with one attached hydrogen (secondary N) is 1. The van der Waals surface area contributed by atoms with E-state index in [1.807, 2.05) is 26.0 Å². The lowest BCUT2D eigenvalue weighted by Crippen LogP contribution is -2.41. The van der Waals surface area contributed by atoms with Gasteiger partial charge >= 0.3 is 0 Å². The van der Waals surface area contributed by atoms with E-state index in [9.17, 15) is 13.2 Å². The molecule has 0 aliphatic heterocycles. The van der Waals surface area contributed by atoms with Crippen molar-refractivity contribution in [2.45, 2.75) is 44.6 Å². The SMILES string of the molecule is COc1cc(C)c(C(C)NC(=O)CN(c2cc(Cl)ccc2Cl)S(=O)(=O)c2ccccc2)cc1C(C)C. The van der Waals surface area contributed by atoms with Gasteiger partial charge in [0.15, 0.2) is 0 Å². The number of rotatable bonds is 9. The van der Waals surface area contributed by atoms with E-state index in [4.69, 9.17) is 27.9 Å². The monoisotopic (exact) mass is 548 g/mol. The number of amides is 1. The van der Waals surface area contributed by atoms with Gasteiger partial charge in [0, 0.05) is 5.02 Å². The standard InChI is InChI=1S/C27H30Cl2N2O4S/c1-17(2)22-15-23(18(3)13-26(22)35-5)19(4)30-27(32)16-31(25-14-20(28)11-12-24(25)29)36(33,34)21-9-7-6-8-10-21/h6-15,17,19H,16H2,1-5H3,(H,30,32). The molecule has 0 aliphatic rings. The third-order valence-electron chi connectivity index (χ3n) is 5.88. The Balaban J connectivity index is 1.95. The fraction of sp³-hybridized carbons (Fsp3) is 0.296. The van der Waals surface area contributed by atoms with E-state index in [2.05, 4.69) is 19.2 Å². The van der Waals surface area contributed by atoms with E-state index >= 15 is 0 Å². The van der Waals surface area contributed by atoms with Crippen molar-refractivity contribution < 1.29 is 17.9 Å². The number of carbonyl (C=O) groups excluding carboxylic acids is 1. The first-order valence-corrected chi connectivity index (χ1v) is 13.7. The molecule has 0 aliphatic carbocycles. The molecule has 0 bridgehead atoms. The molecule has 1 unspecified atom stereocenters. The van der Waals surface area contributed by atoms with Crippen LogP contribution in [0.15, 0.2) is 65.6 Å². The molecule has 1 atom stereocenters. The number of hydrogen-bond donors (Lipinski definition) is 1. The molecule has 0 fully saturated rings. The van der Waals surface area contributed by atoms with Crippen molar-refractivity contribution in [3.05, 3.63) is 87.4 Å². The molecule has 3 aromatic rings. The Morgan fingerprint density at radius 2 is 1.67 bits per heavy atom. The fourth-order valence-corrected chi connectivity index (χ4v) is 5.89. The van der Waals surface area contributed by atoms with Gasteiger partial charge in [0.2, 0.25) is 5.91 Å². The van der Waals surface area contributed by atoms with Crippen LogP contribution in [-0.4, -0.2) is 28.0 Å². The fourth-order valence-electron chi connectivity index (χ4n) is 4.00. The molecule has 0 saturated carbocycles. The lowest BCUT2D eigenvalue weighted by molar-refractivity contribution is -0.120.